The lowest BCUT2D eigenvalue weighted by Gasteiger charge is -2.18. The van der Waals surface area contributed by atoms with Crippen LogP contribution in [-0.4, -0.2) is 44.4 Å². The quantitative estimate of drug-likeness (QED) is 0.198. The van der Waals surface area contributed by atoms with Crippen LogP contribution in [0, 0.1) is 20.8 Å². The third-order valence-corrected chi connectivity index (χ3v) is 5.55. The number of para-hydroxylation sites is 2. The number of hydrogen-bond donors (Lipinski definition) is 2. The number of aliphatic imine (C=N–C) groups is 1. The zero-order valence-electron chi connectivity index (χ0n) is 19.6. The van der Waals surface area contributed by atoms with Crippen molar-refractivity contribution >= 4 is 41.0 Å². The maximum atomic E-state index is 4.79. The number of aryl methyl sites for hydroxylation is 4. The Morgan fingerprint density at radius 3 is 2.61 bits per heavy atom. The summed E-state index contributed by atoms with van der Waals surface area (Å²) in [5.74, 6) is 1.93. The fraction of sp³-hybridized carbons (Fsp3) is 0.522. The van der Waals surface area contributed by atoms with Crippen molar-refractivity contribution in [1.29, 1.82) is 0 Å². The fourth-order valence-electron chi connectivity index (χ4n) is 3.92. The van der Waals surface area contributed by atoms with E-state index in [0.717, 1.165) is 55.5 Å². The molecule has 2 N–H and O–H groups in total. The second-order valence-electron chi connectivity index (χ2n) is 7.94. The summed E-state index contributed by atoms with van der Waals surface area (Å²) in [5, 5.41) is 11.4. The van der Waals surface area contributed by atoms with Gasteiger partial charge in [0.2, 0.25) is 0 Å². The molecule has 170 valence electrons. The molecule has 0 saturated heterocycles. The van der Waals surface area contributed by atoms with Crippen LogP contribution in [-0.2, 0) is 20.0 Å². The molecule has 0 radical (unpaired) electrons. The zero-order valence-corrected chi connectivity index (χ0v) is 21.9. The van der Waals surface area contributed by atoms with Crippen LogP contribution in [0.1, 0.15) is 43.0 Å². The maximum Gasteiger partial charge on any atom is 0.191 e. The van der Waals surface area contributed by atoms with Gasteiger partial charge in [-0.3, -0.25) is 9.67 Å². The van der Waals surface area contributed by atoms with E-state index in [0.29, 0.717) is 0 Å². The smallest absolute Gasteiger partial charge is 0.191 e. The lowest BCUT2D eigenvalue weighted by molar-refractivity contribution is 0.623. The third kappa shape index (κ3) is 6.21. The Morgan fingerprint density at radius 1 is 1.19 bits per heavy atom. The number of fused-ring (bicyclic) bond motifs is 1. The van der Waals surface area contributed by atoms with Gasteiger partial charge in [-0.1, -0.05) is 12.1 Å². The van der Waals surface area contributed by atoms with Gasteiger partial charge < -0.3 is 15.2 Å². The second-order valence-corrected chi connectivity index (χ2v) is 7.94. The summed E-state index contributed by atoms with van der Waals surface area (Å²) in [5.41, 5.74) is 5.90. The van der Waals surface area contributed by atoms with Gasteiger partial charge in [-0.05, 0) is 65.2 Å². The van der Waals surface area contributed by atoms with Gasteiger partial charge >= 0.3 is 0 Å². The van der Waals surface area contributed by atoms with Crippen LogP contribution in [0.3, 0.4) is 0 Å². The van der Waals surface area contributed by atoms with Crippen LogP contribution in [0.4, 0.5) is 0 Å². The van der Waals surface area contributed by atoms with Crippen molar-refractivity contribution in [3.63, 3.8) is 0 Å². The summed E-state index contributed by atoms with van der Waals surface area (Å²) in [4.78, 5) is 9.44. The van der Waals surface area contributed by atoms with E-state index in [9.17, 15) is 0 Å². The van der Waals surface area contributed by atoms with E-state index in [1.54, 1.807) is 0 Å². The van der Waals surface area contributed by atoms with Crippen molar-refractivity contribution in [3.05, 3.63) is 47.0 Å². The number of guanidine groups is 1. The summed E-state index contributed by atoms with van der Waals surface area (Å²) >= 11 is 0. The number of rotatable bonds is 8. The normalized spacial score (nSPS) is 12.6. The van der Waals surface area contributed by atoms with Crippen molar-refractivity contribution < 1.29 is 0 Å². The molecule has 31 heavy (non-hydrogen) atoms. The number of imidazole rings is 1. The number of benzene rings is 1. The van der Waals surface area contributed by atoms with Crippen LogP contribution < -0.4 is 10.6 Å². The zero-order chi connectivity index (χ0) is 21.7. The van der Waals surface area contributed by atoms with Crippen LogP contribution in [0.25, 0.3) is 11.0 Å². The molecule has 0 saturated carbocycles. The Kier molecular flexibility index (Phi) is 9.33. The molecular weight excluding hydrogens is 501 g/mol. The van der Waals surface area contributed by atoms with Gasteiger partial charge in [-0.15, -0.1) is 24.0 Å². The van der Waals surface area contributed by atoms with Crippen LogP contribution >= 0.6 is 24.0 Å². The SMILES string of the molecule is CCNC(=NCCCn1c(C)nc2ccccc21)NC(C)Cc1c(C)nn(C)c1C.I. The highest BCUT2D eigenvalue weighted by molar-refractivity contribution is 14.0. The Labute approximate surface area is 202 Å². The van der Waals surface area contributed by atoms with E-state index in [1.165, 1.54) is 16.8 Å². The predicted octanol–water partition coefficient (Wildman–Crippen LogP) is 3.89. The minimum absolute atomic E-state index is 0. The first kappa shape index (κ1) is 25.2. The van der Waals surface area contributed by atoms with Gasteiger partial charge in [-0.2, -0.15) is 5.10 Å². The van der Waals surface area contributed by atoms with Crippen molar-refractivity contribution in [2.24, 2.45) is 12.0 Å². The van der Waals surface area contributed by atoms with E-state index >= 15 is 0 Å². The fourth-order valence-corrected chi connectivity index (χ4v) is 3.92. The minimum Gasteiger partial charge on any atom is -0.357 e. The van der Waals surface area contributed by atoms with Crippen molar-refractivity contribution in [2.45, 2.75) is 60.0 Å². The number of hydrogen-bond acceptors (Lipinski definition) is 3. The molecule has 0 amide bonds. The van der Waals surface area contributed by atoms with Crippen molar-refractivity contribution in [1.82, 2.24) is 30.0 Å². The molecule has 2 heterocycles. The summed E-state index contributed by atoms with van der Waals surface area (Å²) < 4.78 is 4.24. The molecule has 3 rings (SSSR count). The molecule has 1 atom stereocenters. The second kappa shape index (κ2) is 11.5. The molecule has 2 aromatic heterocycles. The van der Waals surface area contributed by atoms with Crippen molar-refractivity contribution in [2.75, 3.05) is 13.1 Å². The molecule has 0 aliphatic carbocycles. The number of halogens is 1. The summed E-state index contributed by atoms with van der Waals surface area (Å²) in [7, 11) is 2.00. The van der Waals surface area contributed by atoms with Crippen molar-refractivity contribution in [3.8, 4) is 0 Å². The first-order chi connectivity index (χ1) is 14.4. The Morgan fingerprint density at radius 2 is 1.94 bits per heavy atom. The Hall–Kier alpha value is -2.10. The van der Waals surface area contributed by atoms with Crippen LogP contribution in [0.5, 0.6) is 0 Å². The maximum absolute atomic E-state index is 4.79. The monoisotopic (exact) mass is 537 g/mol. The van der Waals surface area contributed by atoms with Gasteiger partial charge in [0.25, 0.3) is 0 Å². The number of aromatic nitrogens is 4. The minimum atomic E-state index is 0. The highest BCUT2D eigenvalue weighted by Gasteiger charge is 2.14. The Bertz CT molecular complexity index is 1020. The van der Waals surface area contributed by atoms with E-state index in [-0.39, 0.29) is 30.0 Å². The molecule has 0 aliphatic heterocycles. The number of nitrogens with one attached hydrogen (secondary N) is 2. The lowest BCUT2D eigenvalue weighted by atomic mass is 10.1. The highest BCUT2D eigenvalue weighted by Crippen LogP contribution is 2.16. The Balaban J connectivity index is 0.00000341. The third-order valence-electron chi connectivity index (χ3n) is 5.55. The predicted molar refractivity (Wildman–Crippen MR) is 139 cm³/mol. The van der Waals surface area contributed by atoms with E-state index < -0.39 is 0 Å². The molecule has 3 aromatic rings. The molecule has 0 aliphatic rings. The molecule has 0 fully saturated rings. The van der Waals surface area contributed by atoms with Crippen LogP contribution in [0.2, 0.25) is 0 Å². The van der Waals surface area contributed by atoms with Crippen LogP contribution in [0.15, 0.2) is 29.3 Å². The first-order valence-electron chi connectivity index (χ1n) is 10.9. The highest BCUT2D eigenvalue weighted by atomic mass is 127. The standard InChI is InChI=1S/C23H35N7.HI/c1-7-24-23(26-16(2)15-20-17(3)28-29(6)18(20)4)25-13-10-14-30-19(5)27-21-11-8-9-12-22(21)30;/h8-9,11-12,16H,7,10,13-15H2,1-6H3,(H2,24,25,26);1H. The first-order valence-corrected chi connectivity index (χ1v) is 10.9. The van der Waals surface area contributed by atoms with Gasteiger partial charge in [0.1, 0.15) is 5.82 Å². The van der Waals surface area contributed by atoms with E-state index in [1.807, 2.05) is 17.8 Å². The molecule has 1 aromatic carbocycles. The average molecular weight is 537 g/mol. The van der Waals surface area contributed by atoms with Gasteiger partial charge in [0, 0.05) is 38.4 Å². The van der Waals surface area contributed by atoms with E-state index in [2.05, 4.69) is 78.1 Å². The van der Waals surface area contributed by atoms with E-state index in [4.69, 9.17) is 4.99 Å². The molecular formula is C23H36IN7. The van der Waals surface area contributed by atoms with Gasteiger partial charge in [-0.25, -0.2) is 4.98 Å². The molecule has 7 nitrogen and oxygen atoms in total. The average Bonchev–Trinajstić information content (AvgIpc) is 3.15. The van der Waals surface area contributed by atoms with Gasteiger partial charge in [0.05, 0.1) is 16.7 Å². The molecule has 0 bridgehead atoms. The summed E-state index contributed by atoms with van der Waals surface area (Å²) in [6.45, 7) is 13.1. The van der Waals surface area contributed by atoms with Gasteiger partial charge in [0.15, 0.2) is 5.96 Å². The largest absolute Gasteiger partial charge is 0.357 e. The topological polar surface area (TPSA) is 72.1 Å². The summed E-state index contributed by atoms with van der Waals surface area (Å²) in [6.07, 6.45) is 1.89. The number of nitrogens with zero attached hydrogens (tertiary/aromatic N) is 5. The molecule has 8 heteroatoms. The molecule has 1 unspecified atom stereocenters. The summed E-state index contributed by atoms with van der Waals surface area (Å²) in [6, 6.07) is 8.57. The lowest BCUT2D eigenvalue weighted by Crippen LogP contribution is -2.43. The molecule has 0 spiro atoms.